The Bertz CT molecular complexity index is 456. The number of aryl methyl sites for hydroxylation is 1. The van der Waals surface area contributed by atoms with Gasteiger partial charge in [0.15, 0.2) is 0 Å². The number of ether oxygens (including phenoxy) is 1. The molecule has 2 saturated heterocycles. The Hall–Kier alpha value is -0.520. The quantitative estimate of drug-likeness (QED) is 0.908. The summed E-state index contributed by atoms with van der Waals surface area (Å²) in [4.78, 5) is 4.32. The molecule has 1 aromatic rings. The van der Waals surface area contributed by atoms with Crippen LogP contribution >= 0.6 is 11.8 Å². The highest BCUT2D eigenvalue weighted by Gasteiger charge is 2.43. The molecule has 5 heteroatoms. The molecule has 3 unspecified atom stereocenters. The number of thioether (sulfide) groups is 1. The summed E-state index contributed by atoms with van der Waals surface area (Å²) < 4.78 is 8.35. The third-order valence-electron chi connectivity index (χ3n) is 4.86. The number of nitrogens with one attached hydrogen (secondary N) is 1. The molecule has 1 spiro atoms. The maximum Gasteiger partial charge on any atom is 0.0946 e. The molecular formula is C16H27N3OS. The fourth-order valence-electron chi connectivity index (χ4n) is 3.69. The van der Waals surface area contributed by atoms with E-state index in [1.165, 1.54) is 36.5 Å². The molecule has 2 fully saturated rings. The van der Waals surface area contributed by atoms with Gasteiger partial charge in [0.05, 0.1) is 23.7 Å². The van der Waals surface area contributed by atoms with Crippen molar-refractivity contribution in [1.82, 2.24) is 14.9 Å². The molecule has 1 N–H and O–H groups in total. The minimum atomic E-state index is 0.151. The monoisotopic (exact) mass is 309 g/mol. The van der Waals surface area contributed by atoms with E-state index in [2.05, 4.69) is 28.8 Å². The van der Waals surface area contributed by atoms with Crippen molar-refractivity contribution in [2.45, 2.75) is 44.2 Å². The minimum Gasteiger partial charge on any atom is -0.374 e. The predicted octanol–water partition coefficient (Wildman–Crippen LogP) is 2.76. The summed E-state index contributed by atoms with van der Waals surface area (Å²) in [5.74, 6) is 3.08. The zero-order valence-electron chi connectivity index (χ0n) is 13.2. The smallest absolute Gasteiger partial charge is 0.0946 e. The average molecular weight is 309 g/mol. The second kappa shape index (κ2) is 6.71. The maximum absolute atomic E-state index is 6.19. The van der Waals surface area contributed by atoms with Gasteiger partial charge in [-0.1, -0.05) is 6.92 Å². The van der Waals surface area contributed by atoms with Crippen LogP contribution in [0.1, 0.15) is 44.3 Å². The zero-order chi connectivity index (χ0) is 14.7. The van der Waals surface area contributed by atoms with Crippen LogP contribution < -0.4 is 5.32 Å². The summed E-state index contributed by atoms with van der Waals surface area (Å²) >= 11 is 2.05. The molecule has 0 aliphatic carbocycles. The van der Waals surface area contributed by atoms with Crippen LogP contribution in [0, 0.1) is 5.92 Å². The molecule has 0 amide bonds. The van der Waals surface area contributed by atoms with Crippen LogP contribution in [-0.2, 0) is 11.8 Å². The van der Waals surface area contributed by atoms with Crippen LogP contribution in [-0.4, -0.2) is 39.8 Å². The molecule has 0 bridgehead atoms. The molecule has 1 aromatic heterocycles. The molecule has 4 nitrogen and oxygen atoms in total. The summed E-state index contributed by atoms with van der Waals surface area (Å²) in [5, 5.41) is 3.77. The molecule has 3 atom stereocenters. The predicted molar refractivity (Wildman–Crippen MR) is 87.6 cm³/mol. The van der Waals surface area contributed by atoms with Crippen LogP contribution in [0.4, 0.5) is 0 Å². The van der Waals surface area contributed by atoms with Crippen molar-refractivity contribution in [2.75, 3.05) is 24.7 Å². The SMILES string of the molecule is CCCNC(c1cncn1C)C1CCOC2(CCSC2)C1. The standard InChI is InChI=1S/C16H27N3OS/c1-3-6-18-15(14-10-17-12-19(14)2)13-4-7-20-16(9-13)5-8-21-11-16/h10,12-13,15,18H,3-9,11H2,1-2H3. The highest BCUT2D eigenvalue weighted by molar-refractivity contribution is 7.99. The maximum atomic E-state index is 6.19. The molecule has 0 saturated carbocycles. The molecule has 3 heterocycles. The first-order chi connectivity index (χ1) is 10.2. The van der Waals surface area contributed by atoms with Gasteiger partial charge in [-0.15, -0.1) is 0 Å². The topological polar surface area (TPSA) is 39.1 Å². The molecule has 21 heavy (non-hydrogen) atoms. The van der Waals surface area contributed by atoms with Crippen molar-refractivity contribution in [3.05, 3.63) is 18.2 Å². The minimum absolute atomic E-state index is 0.151. The van der Waals surface area contributed by atoms with E-state index in [-0.39, 0.29) is 5.60 Å². The Kier molecular flexibility index (Phi) is 4.92. The second-order valence-electron chi connectivity index (χ2n) is 6.45. The summed E-state index contributed by atoms with van der Waals surface area (Å²) in [5.41, 5.74) is 1.47. The van der Waals surface area contributed by atoms with E-state index < -0.39 is 0 Å². The highest BCUT2D eigenvalue weighted by Crippen LogP contribution is 2.43. The van der Waals surface area contributed by atoms with Gasteiger partial charge in [0, 0.05) is 25.6 Å². The van der Waals surface area contributed by atoms with Gasteiger partial charge < -0.3 is 14.6 Å². The number of aromatic nitrogens is 2. The average Bonchev–Trinajstić information content (AvgIpc) is 3.10. The van der Waals surface area contributed by atoms with E-state index in [0.29, 0.717) is 12.0 Å². The first-order valence-corrected chi connectivity index (χ1v) is 9.31. The van der Waals surface area contributed by atoms with Crippen LogP contribution in [0.3, 0.4) is 0 Å². The van der Waals surface area contributed by atoms with Crippen molar-refractivity contribution in [1.29, 1.82) is 0 Å². The fourth-order valence-corrected chi connectivity index (χ4v) is 5.07. The van der Waals surface area contributed by atoms with Gasteiger partial charge in [-0.05, 0) is 43.9 Å². The van der Waals surface area contributed by atoms with Crippen molar-refractivity contribution < 1.29 is 4.74 Å². The van der Waals surface area contributed by atoms with E-state index in [1.54, 1.807) is 0 Å². The lowest BCUT2D eigenvalue weighted by Gasteiger charge is -2.41. The van der Waals surface area contributed by atoms with Crippen LogP contribution in [0.25, 0.3) is 0 Å². The Labute approximate surface area is 132 Å². The fraction of sp³-hybridized carbons (Fsp3) is 0.812. The van der Waals surface area contributed by atoms with E-state index >= 15 is 0 Å². The van der Waals surface area contributed by atoms with Gasteiger partial charge in [-0.3, -0.25) is 0 Å². The van der Waals surface area contributed by atoms with Crippen molar-refractivity contribution in [2.24, 2.45) is 13.0 Å². The highest BCUT2D eigenvalue weighted by atomic mass is 32.2. The van der Waals surface area contributed by atoms with Gasteiger partial charge in [0.2, 0.25) is 0 Å². The molecule has 0 aromatic carbocycles. The summed E-state index contributed by atoms with van der Waals surface area (Å²) in [6, 6.07) is 0.406. The van der Waals surface area contributed by atoms with E-state index in [0.717, 1.165) is 19.6 Å². The summed E-state index contributed by atoms with van der Waals surface area (Å²) in [6.45, 7) is 4.20. The third-order valence-corrected chi connectivity index (χ3v) is 6.08. The lowest BCUT2D eigenvalue weighted by atomic mass is 9.80. The number of hydrogen-bond donors (Lipinski definition) is 1. The van der Waals surface area contributed by atoms with E-state index in [9.17, 15) is 0 Å². The normalized spacial score (nSPS) is 30.9. The molecule has 118 valence electrons. The number of hydrogen-bond acceptors (Lipinski definition) is 4. The van der Waals surface area contributed by atoms with Crippen LogP contribution in [0.5, 0.6) is 0 Å². The number of imidazole rings is 1. The van der Waals surface area contributed by atoms with Crippen LogP contribution in [0.15, 0.2) is 12.5 Å². The van der Waals surface area contributed by atoms with Gasteiger partial charge in [-0.25, -0.2) is 4.98 Å². The Balaban J connectivity index is 1.77. The lowest BCUT2D eigenvalue weighted by Crippen LogP contribution is -2.44. The Morgan fingerprint density at radius 1 is 1.62 bits per heavy atom. The first-order valence-electron chi connectivity index (χ1n) is 8.15. The van der Waals surface area contributed by atoms with E-state index in [4.69, 9.17) is 4.74 Å². The van der Waals surface area contributed by atoms with Gasteiger partial charge in [0.1, 0.15) is 0 Å². The van der Waals surface area contributed by atoms with Gasteiger partial charge in [0.25, 0.3) is 0 Å². The zero-order valence-corrected chi connectivity index (χ0v) is 14.0. The molecule has 2 aliphatic rings. The van der Waals surface area contributed by atoms with Gasteiger partial charge >= 0.3 is 0 Å². The van der Waals surface area contributed by atoms with Crippen molar-refractivity contribution in [3.63, 3.8) is 0 Å². The largest absolute Gasteiger partial charge is 0.374 e. The van der Waals surface area contributed by atoms with E-state index in [1.807, 2.05) is 24.3 Å². The Morgan fingerprint density at radius 2 is 2.52 bits per heavy atom. The summed E-state index contributed by atoms with van der Waals surface area (Å²) in [6.07, 6.45) is 8.67. The lowest BCUT2D eigenvalue weighted by molar-refractivity contribution is -0.0857. The molecular weight excluding hydrogens is 282 g/mol. The number of rotatable bonds is 5. The first kappa shape index (κ1) is 15.4. The molecule has 0 radical (unpaired) electrons. The summed E-state index contributed by atoms with van der Waals surface area (Å²) in [7, 11) is 2.10. The van der Waals surface area contributed by atoms with Gasteiger partial charge in [-0.2, -0.15) is 11.8 Å². The molecule has 2 aliphatic heterocycles. The second-order valence-corrected chi connectivity index (χ2v) is 7.55. The third kappa shape index (κ3) is 3.30. The number of nitrogens with zero attached hydrogens (tertiary/aromatic N) is 2. The van der Waals surface area contributed by atoms with Crippen LogP contribution in [0.2, 0.25) is 0 Å². The van der Waals surface area contributed by atoms with Crippen molar-refractivity contribution in [3.8, 4) is 0 Å². The Morgan fingerprint density at radius 3 is 3.19 bits per heavy atom. The van der Waals surface area contributed by atoms with Crippen molar-refractivity contribution >= 4 is 11.8 Å². The molecule has 3 rings (SSSR count).